The van der Waals surface area contributed by atoms with Crippen LogP contribution < -0.4 is 5.73 Å². The van der Waals surface area contributed by atoms with Gasteiger partial charge in [-0.2, -0.15) is 0 Å². The molecule has 0 bridgehead atoms. The van der Waals surface area contributed by atoms with Gasteiger partial charge in [0.15, 0.2) is 0 Å². The fraction of sp³-hybridized carbons (Fsp3) is 0.500. The topological polar surface area (TPSA) is 46.3 Å². The summed E-state index contributed by atoms with van der Waals surface area (Å²) in [5.74, 6) is 0.334. The van der Waals surface area contributed by atoms with Gasteiger partial charge in [-0.1, -0.05) is 31.5 Å². The molecule has 0 aliphatic heterocycles. The number of halogens is 2. The number of benzene rings is 1. The average Bonchev–Trinajstić information content (AvgIpc) is 2.37. The van der Waals surface area contributed by atoms with Crippen LogP contribution in [0.25, 0.3) is 0 Å². The van der Waals surface area contributed by atoms with Crippen LogP contribution in [0.2, 0.25) is 5.02 Å². The highest BCUT2D eigenvalue weighted by molar-refractivity contribution is 9.10. The fourth-order valence-corrected chi connectivity index (χ4v) is 2.23. The summed E-state index contributed by atoms with van der Waals surface area (Å²) in [6, 6.07) is 5.45. The van der Waals surface area contributed by atoms with Crippen LogP contribution in [0.15, 0.2) is 22.7 Å². The minimum Gasteiger partial charge on any atom is -0.342 e. The van der Waals surface area contributed by atoms with Crippen molar-refractivity contribution in [1.82, 2.24) is 4.90 Å². The Kier molecular flexibility index (Phi) is 6.30. The van der Waals surface area contributed by atoms with Crippen LogP contribution in [-0.4, -0.2) is 30.4 Å². The predicted molar refractivity (Wildman–Crippen MR) is 83.5 cm³/mol. The van der Waals surface area contributed by atoms with Gasteiger partial charge in [0.1, 0.15) is 0 Å². The zero-order valence-electron chi connectivity index (χ0n) is 11.5. The van der Waals surface area contributed by atoms with Gasteiger partial charge < -0.3 is 10.6 Å². The Labute approximate surface area is 128 Å². The Balaban J connectivity index is 2.69. The molecule has 0 radical (unpaired) electrons. The molecule has 1 amide bonds. The average molecular weight is 348 g/mol. The number of nitrogens with zero attached hydrogens (tertiary/aromatic N) is 1. The molecule has 19 heavy (non-hydrogen) atoms. The molecule has 0 saturated heterocycles. The number of amides is 1. The smallest absolute Gasteiger partial charge is 0.255 e. The summed E-state index contributed by atoms with van der Waals surface area (Å²) in [5.41, 5.74) is 6.50. The van der Waals surface area contributed by atoms with Gasteiger partial charge >= 0.3 is 0 Å². The van der Waals surface area contributed by atoms with E-state index >= 15 is 0 Å². The van der Waals surface area contributed by atoms with Crippen LogP contribution >= 0.6 is 27.5 Å². The first kappa shape index (κ1) is 16.5. The van der Waals surface area contributed by atoms with Gasteiger partial charge in [-0.3, -0.25) is 4.79 Å². The second-order valence-corrected chi connectivity index (χ2v) is 6.26. The SMILES string of the molecule is CC(C)C(N)CCN(C)C(=O)c1cccc(Br)c1Cl. The van der Waals surface area contributed by atoms with Crippen molar-refractivity contribution >= 4 is 33.4 Å². The second kappa shape index (κ2) is 7.27. The third-order valence-corrected chi connectivity index (χ3v) is 4.48. The molecule has 0 aliphatic rings. The van der Waals surface area contributed by atoms with E-state index in [0.717, 1.165) is 10.9 Å². The lowest BCUT2D eigenvalue weighted by molar-refractivity contribution is 0.0789. The Hall–Kier alpha value is -0.580. The lowest BCUT2D eigenvalue weighted by atomic mass is 10.0. The van der Waals surface area contributed by atoms with E-state index in [0.29, 0.717) is 23.0 Å². The van der Waals surface area contributed by atoms with E-state index in [-0.39, 0.29) is 11.9 Å². The largest absolute Gasteiger partial charge is 0.342 e. The van der Waals surface area contributed by atoms with Crippen molar-refractivity contribution in [3.05, 3.63) is 33.3 Å². The number of rotatable bonds is 5. The molecule has 3 nitrogen and oxygen atoms in total. The molecule has 5 heteroatoms. The number of carbonyl (C=O) groups excluding carboxylic acids is 1. The minimum absolute atomic E-state index is 0.0812. The number of hydrogen-bond acceptors (Lipinski definition) is 2. The highest BCUT2D eigenvalue weighted by Crippen LogP contribution is 2.26. The molecular formula is C14H20BrClN2O. The molecule has 1 aromatic rings. The van der Waals surface area contributed by atoms with E-state index in [1.807, 2.05) is 6.07 Å². The molecule has 106 valence electrons. The van der Waals surface area contributed by atoms with Crippen molar-refractivity contribution in [1.29, 1.82) is 0 Å². The first-order chi connectivity index (χ1) is 8.84. The number of carbonyl (C=O) groups is 1. The zero-order valence-corrected chi connectivity index (χ0v) is 13.8. The maximum Gasteiger partial charge on any atom is 0.255 e. The van der Waals surface area contributed by atoms with Crippen LogP contribution in [-0.2, 0) is 0 Å². The van der Waals surface area contributed by atoms with E-state index in [4.69, 9.17) is 17.3 Å². The highest BCUT2D eigenvalue weighted by Gasteiger charge is 2.17. The summed E-state index contributed by atoms with van der Waals surface area (Å²) >= 11 is 9.45. The normalized spacial score (nSPS) is 12.6. The second-order valence-electron chi connectivity index (χ2n) is 5.02. The Morgan fingerprint density at radius 1 is 1.47 bits per heavy atom. The molecule has 0 spiro atoms. The molecule has 2 N–H and O–H groups in total. The van der Waals surface area contributed by atoms with E-state index in [1.165, 1.54) is 0 Å². The minimum atomic E-state index is -0.0812. The van der Waals surface area contributed by atoms with Crippen LogP contribution in [0.4, 0.5) is 0 Å². The van der Waals surface area contributed by atoms with Crippen LogP contribution in [0.5, 0.6) is 0 Å². The van der Waals surface area contributed by atoms with Crippen molar-refractivity contribution in [3.8, 4) is 0 Å². The van der Waals surface area contributed by atoms with Gasteiger partial charge in [0.2, 0.25) is 0 Å². The highest BCUT2D eigenvalue weighted by atomic mass is 79.9. The molecule has 1 rings (SSSR count). The lowest BCUT2D eigenvalue weighted by Crippen LogP contribution is -2.34. The maximum absolute atomic E-state index is 12.3. The zero-order chi connectivity index (χ0) is 14.6. The molecule has 1 atom stereocenters. The molecule has 0 aliphatic carbocycles. The van der Waals surface area contributed by atoms with Gasteiger partial charge in [0, 0.05) is 24.1 Å². The first-order valence-electron chi connectivity index (χ1n) is 6.29. The third kappa shape index (κ3) is 4.48. The van der Waals surface area contributed by atoms with E-state index < -0.39 is 0 Å². The monoisotopic (exact) mass is 346 g/mol. The van der Waals surface area contributed by atoms with E-state index in [2.05, 4.69) is 29.8 Å². The summed E-state index contributed by atoms with van der Waals surface area (Å²) in [6.07, 6.45) is 0.783. The van der Waals surface area contributed by atoms with Crippen molar-refractivity contribution in [2.24, 2.45) is 11.7 Å². The van der Waals surface area contributed by atoms with Crippen LogP contribution in [0.3, 0.4) is 0 Å². The summed E-state index contributed by atoms with van der Waals surface area (Å²) in [6.45, 7) is 4.79. The summed E-state index contributed by atoms with van der Waals surface area (Å²) < 4.78 is 0.729. The van der Waals surface area contributed by atoms with Crippen molar-refractivity contribution in [2.45, 2.75) is 26.3 Å². The summed E-state index contributed by atoms with van der Waals surface area (Å²) in [7, 11) is 1.77. The van der Waals surface area contributed by atoms with Crippen LogP contribution in [0, 0.1) is 5.92 Å². The lowest BCUT2D eigenvalue weighted by Gasteiger charge is -2.22. The molecule has 0 fully saturated rings. The van der Waals surface area contributed by atoms with Gasteiger partial charge in [-0.25, -0.2) is 0 Å². The van der Waals surface area contributed by atoms with Crippen molar-refractivity contribution in [3.63, 3.8) is 0 Å². The molecule has 0 saturated carbocycles. The third-order valence-electron chi connectivity index (χ3n) is 3.18. The number of hydrogen-bond donors (Lipinski definition) is 1. The molecule has 1 unspecified atom stereocenters. The standard InChI is InChI=1S/C14H20BrClN2O/c1-9(2)12(17)7-8-18(3)14(19)10-5-4-6-11(15)13(10)16/h4-6,9,12H,7-8,17H2,1-3H3. The summed E-state index contributed by atoms with van der Waals surface area (Å²) in [4.78, 5) is 13.9. The Morgan fingerprint density at radius 3 is 2.68 bits per heavy atom. The maximum atomic E-state index is 12.3. The van der Waals surface area contributed by atoms with Crippen molar-refractivity contribution in [2.75, 3.05) is 13.6 Å². The molecule has 0 heterocycles. The van der Waals surface area contributed by atoms with Gasteiger partial charge in [0.25, 0.3) is 5.91 Å². The Morgan fingerprint density at radius 2 is 2.11 bits per heavy atom. The van der Waals surface area contributed by atoms with Crippen LogP contribution in [0.1, 0.15) is 30.6 Å². The first-order valence-corrected chi connectivity index (χ1v) is 7.46. The van der Waals surface area contributed by atoms with Gasteiger partial charge in [-0.05, 0) is 40.4 Å². The molecular weight excluding hydrogens is 328 g/mol. The molecule has 1 aromatic carbocycles. The molecule has 0 aromatic heterocycles. The van der Waals surface area contributed by atoms with E-state index in [9.17, 15) is 4.79 Å². The number of nitrogens with two attached hydrogens (primary N) is 1. The van der Waals surface area contributed by atoms with Gasteiger partial charge in [-0.15, -0.1) is 0 Å². The fourth-order valence-electron chi connectivity index (χ4n) is 1.65. The summed E-state index contributed by atoms with van der Waals surface area (Å²) in [5, 5.41) is 0.451. The Bertz CT molecular complexity index is 451. The van der Waals surface area contributed by atoms with Crippen molar-refractivity contribution < 1.29 is 4.79 Å². The van der Waals surface area contributed by atoms with Gasteiger partial charge in [0.05, 0.1) is 10.6 Å². The predicted octanol–water partition coefficient (Wildman–Crippen LogP) is 3.55. The quantitative estimate of drug-likeness (QED) is 0.885. The van der Waals surface area contributed by atoms with E-state index in [1.54, 1.807) is 24.1 Å².